The monoisotopic (exact) mass is 916 g/mol. The van der Waals surface area contributed by atoms with Crippen LogP contribution in [0, 0.1) is 0 Å². The van der Waals surface area contributed by atoms with Gasteiger partial charge in [0.25, 0.3) is 11.8 Å². The summed E-state index contributed by atoms with van der Waals surface area (Å²) in [5, 5.41) is 19.0. The predicted molar refractivity (Wildman–Crippen MR) is 265 cm³/mol. The molecule has 0 saturated heterocycles. The molecular weight excluding hydrogens is 873 g/mol. The van der Waals surface area contributed by atoms with Crippen LogP contribution in [0.25, 0.3) is 21.5 Å². The second-order valence-corrected chi connectivity index (χ2v) is 15.4. The molecule has 9 rings (SSSR count). The van der Waals surface area contributed by atoms with Crippen molar-refractivity contribution >= 4 is 56.7 Å². The maximum atomic E-state index is 12.7. The average molecular weight is 917 g/mol. The number of carbonyl (C=O) groups excluding carboxylic acids is 4. The van der Waals surface area contributed by atoms with Gasteiger partial charge < -0.3 is 39.4 Å². The molecule has 0 bridgehead atoms. The van der Waals surface area contributed by atoms with E-state index in [4.69, 9.17) is 23.7 Å². The molecule has 0 aliphatic carbocycles. The molecular formula is C57H44N2O10. The van der Waals surface area contributed by atoms with Gasteiger partial charge in [-0.1, -0.05) is 78.9 Å². The van der Waals surface area contributed by atoms with Gasteiger partial charge in [-0.2, -0.15) is 0 Å². The summed E-state index contributed by atoms with van der Waals surface area (Å²) in [6.07, 6.45) is 0. The smallest absolute Gasteiger partial charge is 0.339 e. The molecule has 12 heteroatoms. The van der Waals surface area contributed by atoms with E-state index in [1.165, 1.54) is 14.2 Å². The number of fused-ring (bicyclic) bond motifs is 2. The highest BCUT2D eigenvalue weighted by Crippen LogP contribution is 2.31. The highest BCUT2D eigenvalue weighted by Gasteiger charge is 2.16. The van der Waals surface area contributed by atoms with Gasteiger partial charge in [0, 0.05) is 11.1 Å². The van der Waals surface area contributed by atoms with Gasteiger partial charge in [0.15, 0.2) is 0 Å². The lowest BCUT2D eigenvalue weighted by Crippen LogP contribution is -2.15. The molecule has 0 aliphatic rings. The second-order valence-electron chi connectivity index (χ2n) is 15.4. The molecule has 0 aromatic heterocycles. The molecule has 0 atom stereocenters. The van der Waals surface area contributed by atoms with Gasteiger partial charge in [-0.05, 0) is 148 Å². The van der Waals surface area contributed by atoms with Gasteiger partial charge in [-0.3, -0.25) is 9.59 Å². The Labute approximate surface area is 397 Å². The zero-order valence-electron chi connectivity index (χ0n) is 37.4. The van der Waals surface area contributed by atoms with Crippen molar-refractivity contribution in [1.29, 1.82) is 0 Å². The van der Waals surface area contributed by atoms with Crippen LogP contribution < -0.4 is 24.8 Å². The third-order valence-electron chi connectivity index (χ3n) is 10.7. The minimum absolute atomic E-state index is 0.212. The van der Waals surface area contributed by atoms with Crippen LogP contribution in [-0.4, -0.2) is 43.1 Å². The summed E-state index contributed by atoms with van der Waals surface area (Å²) in [4.78, 5) is 49.2. The fourth-order valence-electron chi connectivity index (χ4n) is 7.14. The summed E-state index contributed by atoms with van der Waals surface area (Å²) >= 11 is 0. The van der Waals surface area contributed by atoms with Crippen molar-refractivity contribution in [3.05, 3.63) is 228 Å². The number of para-hydroxylation sites is 2. The molecule has 12 nitrogen and oxygen atoms in total. The first-order chi connectivity index (χ1) is 33.6. The largest absolute Gasteiger partial charge is 0.508 e. The molecule has 342 valence electrons. The highest BCUT2D eigenvalue weighted by atomic mass is 16.5. The number of methoxy groups -OCH3 is 2. The Bertz CT molecular complexity index is 3280. The van der Waals surface area contributed by atoms with Crippen LogP contribution >= 0.6 is 0 Å². The summed E-state index contributed by atoms with van der Waals surface area (Å²) in [6, 6.07) is 59.3. The molecule has 0 fully saturated rings. The van der Waals surface area contributed by atoms with Crippen LogP contribution in [0.5, 0.6) is 34.5 Å². The number of benzene rings is 9. The maximum Gasteiger partial charge on any atom is 0.339 e. The normalized spacial score (nSPS) is 10.5. The second kappa shape index (κ2) is 21.7. The van der Waals surface area contributed by atoms with Gasteiger partial charge in [0.2, 0.25) is 0 Å². The SMILES string of the molecule is COC(=O)c1ccccc1NC(=O)c1ccc(Oc2ccc3cc(O)ccc3c2)cc1.COC(=O)c1ccccc1NC(=O)c1ccc(Oc2ccc3cc(OCc4ccccc4)ccc3c2)cc1. The van der Waals surface area contributed by atoms with E-state index in [0.29, 0.717) is 52.1 Å². The van der Waals surface area contributed by atoms with Gasteiger partial charge in [0.1, 0.15) is 41.1 Å². The van der Waals surface area contributed by atoms with Crippen molar-refractivity contribution in [3.63, 3.8) is 0 Å². The van der Waals surface area contributed by atoms with E-state index in [0.717, 1.165) is 32.9 Å². The lowest BCUT2D eigenvalue weighted by Gasteiger charge is -2.11. The summed E-state index contributed by atoms with van der Waals surface area (Å²) in [5.41, 5.74) is 3.29. The number of phenolic OH excluding ortho intramolecular Hbond substituents is 1. The first-order valence-electron chi connectivity index (χ1n) is 21.6. The molecule has 0 heterocycles. The highest BCUT2D eigenvalue weighted by molar-refractivity contribution is 6.09. The Morgan fingerprint density at radius 3 is 1.29 bits per heavy atom. The molecule has 0 radical (unpaired) electrons. The van der Waals surface area contributed by atoms with E-state index >= 15 is 0 Å². The van der Waals surface area contributed by atoms with E-state index in [1.807, 2.05) is 91.0 Å². The molecule has 3 N–H and O–H groups in total. The third-order valence-corrected chi connectivity index (χ3v) is 10.7. The van der Waals surface area contributed by atoms with Crippen LogP contribution in [0.4, 0.5) is 11.4 Å². The van der Waals surface area contributed by atoms with Crippen molar-refractivity contribution in [2.75, 3.05) is 24.9 Å². The molecule has 9 aromatic carbocycles. The number of rotatable bonds is 13. The molecule has 0 saturated carbocycles. The molecule has 0 unspecified atom stereocenters. The number of aromatic hydroxyl groups is 1. The van der Waals surface area contributed by atoms with Crippen molar-refractivity contribution < 1.29 is 48.0 Å². The summed E-state index contributed by atoms with van der Waals surface area (Å²) < 4.78 is 27.4. The zero-order chi connectivity index (χ0) is 48.1. The van der Waals surface area contributed by atoms with Gasteiger partial charge >= 0.3 is 11.9 Å². The van der Waals surface area contributed by atoms with Crippen molar-refractivity contribution in [3.8, 4) is 34.5 Å². The number of carbonyl (C=O) groups is 4. The fraction of sp³-hybridized carbons (Fsp3) is 0.0526. The lowest BCUT2D eigenvalue weighted by molar-refractivity contribution is 0.0592. The molecule has 2 amide bonds. The van der Waals surface area contributed by atoms with Crippen molar-refractivity contribution in [1.82, 2.24) is 0 Å². The van der Waals surface area contributed by atoms with Gasteiger partial charge in [-0.25, -0.2) is 9.59 Å². The predicted octanol–water partition coefficient (Wildman–Crippen LogP) is 12.6. The Hall–Kier alpha value is -9.42. The number of esters is 2. The van der Waals surface area contributed by atoms with Crippen molar-refractivity contribution in [2.24, 2.45) is 0 Å². The average Bonchev–Trinajstić information content (AvgIpc) is 3.38. The van der Waals surface area contributed by atoms with Crippen LogP contribution in [0.1, 0.15) is 47.0 Å². The number of amides is 2. The molecule has 0 aliphatic heterocycles. The number of nitrogens with one attached hydrogen (secondary N) is 2. The van der Waals surface area contributed by atoms with E-state index in [9.17, 15) is 24.3 Å². The quantitative estimate of drug-likeness (QED) is 0.0950. The van der Waals surface area contributed by atoms with E-state index < -0.39 is 11.9 Å². The van der Waals surface area contributed by atoms with E-state index in [2.05, 4.69) is 10.6 Å². The molecule has 0 spiro atoms. The molecule has 69 heavy (non-hydrogen) atoms. The van der Waals surface area contributed by atoms with Crippen LogP contribution in [0.3, 0.4) is 0 Å². The zero-order valence-corrected chi connectivity index (χ0v) is 37.4. The first-order valence-corrected chi connectivity index (χ1v) is 21.6. The van der Waals surface area contributed by atoms with Crippen molar-refractivity contribution in [2.45, 2.75) is 6.61 Å². The minimum Gasteiger partial charge on any atom is -0.508 e. The fourth-order valence-corrected chi connectivity index (χ4v) is 7.14. The number of ether oxygens (including phenoxy) is 5. The maximum absolute atomic E-state index is 12.7. The Kier molecular flexibility index (Phi) is 14.5. The topological polar surface area (TPSA) is 159 Å². The Balaban J connectivity index is 0.000000190. The van der Waals surface area contributed by atoms with E-state index in [1.54, 1.807) is 109 Å². The summed E-state index contributed by atoms with van der Waals surface area (Å²) in [5.74, 6) is 1.77. The Morgan fingerprint density at radius 1 is 0.420 bits per heavy atom. The van der Waals surface area contributed by atoms with Crippen LogP contribution in [0.2, 0.25) is 0 Å². The number of hydrogen-bond acceptors (Lipinski definition) is 10. The standard InChI is InChI=1S/C32H25NO5.C25H19NO5/c1-36-32(35)29-9-5-6-10-30(29)33-31(34)23-11-15-26(16-12-23)38-28-18-14-24-19-27(17-13-25(24)20-28)37-21-22-7-3-2-4-8-22;1-30-25(29)22-4-2-3-5-23(22)26-24(28)16-7-11-20(12-8-16)31-21-13-9-17-14-19(27)10-6-18(17)15-21/h2-20H,21H2,1H3,(H,33,34);2-15,27H,1H3,(H,26,28). The number of hydrogen-bond donors (Lipinski definition) is 3. The van der Waals surface area contributed by atoms with E-state index in [-0.39, 0.29) is 28.7 Å². The third kappa shape index (κ3) is 11.9. The van der Waals surface area contributed by atoms with Gasteiger partial charge in [-0.15, -0.1) is 0 Å². The number of anilines is 2. The summed E-state index contributed by atoms with van der Waals surface area (Å²) in [6.45, 7) is 0.513. The summed E-state index contributed by atoms with van der Waals surface area (Å²) in [7, 11) is 2.59. The molecule has 9 aromatic rings. The lowest BCUT2D eigenvalue weighted by atomic mass is 10.1. The van der Waals surface area contributed by atoms with Crippen LogP contribution in [-0.2, 0) is 16.1 Å². The first kappa shape index (κ1) is 46.1. The van der Waals surface area contributed by atoms with Gasteiger partial charge in [0.05, 0.1) is 36.7 Å². The number of phenols is 1. The Morgan fingerprint density at radius 2 is 0.812 bits per heavy atom. The minimum atomic E-state index is -0.523. The van der Waals surface area contributed by atoms with Crippen LogP contribution in [0.15, 0.2) is 200 Å².